The molecule has 0 saturated heterocycles. The van der Waals surface area contributed by atoms with E-state index in [2.05, 4.69) is 0 Å². The monoisotopic (exact) mass is 86.0 g/mol. The molecule has 0 bridgehead atoms. The van der Waals surface area contributed by atoms with E-state index in [0.717, 1.165) is 0 Å². The molecule has 3 heteroatoms. The van der Waals surface area contributed by atoms with Gasteiger partial charge in [-0.1, -0.05) is 0 Å². The van der Waals surface area contributed by atoms with Crippen LogP contribution in [0, 0.1) is 5.41 Å². The minimum atomic E-state index is -0.0602. The fraction of sp³-hybridized carbons (Fsp3) is 0.333. The molecule has 0 radical (unpaired) electrons. The van der Waals surface area contributed by atoms with Crippen LogP contribution < -0.4 is 5.73 Å². The zero-order chi connectivity index (χ0) is 4.99. The highest BCUT2D eigenvalue weighted by molar-refractivity contribution is 6.27. The summed E-state index contributed by atoms with van der Waals surface area (Å²) in [4.78, 5) is 9.43. The molecule has 0 aromatic carbocycles. The molecule has 0 aromatic rings. The molecule has 0 amide bonds. The summed E-state index contributed by atoms with van der Waals surface area (Å²) in [6, 6.07) is 0. The lowest BCUT2D eigenvalue weighted by Gasteiger charge is -1.77. The topological polar surface area (TPSA) is 66.9 Å². The second-order valence-electron chi connectivity index (χ2n) is 0.847. The average molecular weight is 86.1 g/mol. The predicted molar refractivity (Wildman–Crippen MR) is 22.8 cm³/mol. The Bertz CT molecular complexity index is 69.2. The van der Waals surface area contributed by atoms with E-state index in [-0.39, 0.29) is 12.3 Å². The third-order valence-electron chi connectivity index (χ3n) is 0.362. The van der Waals surface area contributed by atoms with E-state index in [9.17, 15) is 4.79 Å². The van der Waals surface area contributed by atoms with Crippen LogP contribution in [0.1, 0.15) is 0 Å². The van der Waals surface area contributed by atoms with E-state index in [4.69, 9.17) is 11.1 Å². The molecule has 3 nitrogen and oxygen atoms in total. The normalized spacial score (nSPS) is 7.50. The van der Waals surface area contributed by atoms with E-state index in [1.54, 1.807) is 0 Å². The number of hydrogen-bond acceptors (Lipinski definition) is 3. The van der Waals surface area contributed by atoms with Gasteiger partial charge in [-0.25, -0.2) is 0 Å². The van der Waals surface area contributed by atoms with Crippen molar-refractivity contribution in [2.24, 2.45) is 5.73 Å². The SMILES string of the molecule is N=C(C=O)CN. The minimum Gasteiger partial charge on any atom is -0.325 e. The minimum absolute atomic E-state index is 0.0451. The van der Waals surface area contributed by atoms with Crippen molar-refractivity contribution in [2.75, 3.05) is 6.54 Å². The van der Waals surface area contributed by atoms with E-state index in [1.807, 2.05) is 0 Å². The molecule has 0 fully saturated rings. The number of hydrogen-bond donors (Lipinski definition) is 2. The third-order valence-corrected chi connectivity index (χ3v) is 0.362. The van der Waals surface area contributed by atoms with Crippen LogP contribution >= 0.6 is 0 Å². The highest BCUT2D eigenvalue weighted by atomic mass is 16.1. The molecule has 3 N–H and O–H groups in total. The summed E-state index contributed by atoms with van der Waals surface area (Å²) in [5.74, 6) is 0. The highest BCUT2D eigenvalue weighted by Crippen LogP contribution is 1.51. The summed E-state index contributed by atoms with van der Waals surface area (Å²) in [7, 11) is 0. The van der Waals surface area contributed by atoms with Gasteiger partial charge >= 0.3 is 0 Å². The van der Waals surface area contributed by atoms with Gasteiger partial charge in [-0.15, -0.1) is 0 Å². The van der Waals surface area contributed by atoms with Gasteiger partial charge in [0.15, 0.2) is 6.29 Å². The largest absolute Gasteiger partial charge is 0.325 e. The Hall–Kier alpha value is -0.700. The smallest absolute Gasteiger partial charge is 0.164 e. The Morgan fingerprint density at radius 3 is 2.50 bits per heavy atom. The molecular formula is C3H6N2O. The predicted octanol–water partition coefficient (Wildman–Crippen LogP) is -0.836. The fourth-order valence-corrected chi connectivity index (χ4v) is 0.0481. The first-order valence-electron chi connectivity index (χ1n) is 1.54. The molecule has 0 atom stereocenters. The van der Waals surface area contributed by atoms with Crippen molar-refractivity contribution in [3.8, 4) is 0 Å². The number of carbonyl (C=O) groups is 1. The summed E-state index contributed by atoms with van der Waals surface area (Å²) < 4.78 is 0. The van der Waals surface area contributed by atoms with Gasteiger partial charge in [0, 0.05) is 6.54 Å². The zero-order valence-corrected chi connectivity index (χ0v) is 3.27. The van der Waals surface area contributed by atoms with E-state index in [1.165, 1.54) is 0 Å². The number of aldehydes is 1. The molecule has 6 heavy (non-hydrogen) atoms. The molecule has 0 aromatic heterocycles. The Morgan fingerprint density at radius 1 is 2.00 bits per heavy atom. The summed E-state index contributed by atoms with van der Waals surface area (Å²) in [5, 5.41) is 6.49. The summed E-state index contributed by atoms with van der Waals surface area (Å²) >= 11 is 0. The molecule has 0 heterocycles. The van der Waals surface area contributed by atoms with Gasteiger partial charge in [-0.3, -0.25) is 4.79 Å². The van der Waals surface area contributed by atoms with E-state index in [0.29, 0.717) is 6.29 Å². The van der Waals surface area contributed by atoms with Gasteiger partial charge < -0.3 is 11.1 Å². The quantitative estimate of drug-likeness (QED) is 0.340. The Morgan fingerprint density at radius 2 is 2.50 bits per heavy atom. The van der Waals surface area contributed by atoms with Gasteiger partial charge in [0.25, 0.3) is 0 Å². The van der Waals surface area contributed by atoms with Crippen molar-refractivity contribution in [3.05, 3.63) is 0 Å². The first-order chi connectivity index (χ1) is 2.81. The van der Waals surface area contributed by atoms with Crippen LogP contribution in [0.5, 0.6) is 0 Å². The van der Waals surface area contributed by atoms with Crippen LogP contribution in [0.25, 0.3) is 0 Å². The maximum Gasteiger partial charge on any atom is 0.164 e. The summed E-state index contributed by atoms with van der Waals surface area (Å²) in [5.41, 5.74) is 4.77. The van der Waals surface area contributed by atoms with Crippen LogP contribution in [0.2, 0.25) is 0 Å². The molecule has 0 aliphatic heterocycles. The first kappa shape index (κ1) is 5.30. The van der Waals surface area contributed by atoms with E-state index < -0.39 is 0 Å². The molecule has 0 spiro atoms. The second-order valence-corrected chi connectivity index (χ2v) is 0.847. The van der Waals surface area contributed by atoms with Gasteiger partial charge in [0.2, 0.25) is 0 Å². The Balaban J connectivity index is 3.23. The van der Waals surface area contributed by atoms with Crippen molar-refractivity contribution in [2.45, 2.75) is 0 Å². The molecule has 0 rings (SSSR count). The standard InChI is InChI=1S/C3H6N2O/c4-1-3(5)2-6/h2,5H,1,4H2. The number of carbonyl (C=O) groups excluding carboxylic acids is 1. The molecular weight excluding hydrogens is 80.0 g/mol. The van der Waals surface area contributed by atoms with Crippen molar-refractivity contribution >= 4 is 12.0 Å². The first-order valence-corrected chi connectivity index (χ1v) is 1.54. The molecule has 0 aliphatic rings. The van der Waals surface area contributed by atoms with Gasteiger partial charge in [-0.05, 0) is 0 Å². The van der Waals surface area contributed by atoms with Crippen LogP contribution in [0.3, 0.4) is 0 Å². The number of nitrogens with two attached hydrogens (primary N) is 1. The van der Waals surface area contributed by atoms with Crippen molar-refractivity contribution in [1.82, 2.24) is 0 Å². The Labute approximate surface area is 35.7 Å². The molecule has 0 unspecified atom stereocenters. The van der Waals surface area contributed by atoms with Crippen LogP contribution in [-0.4, -0.2) is 18.5 Å². The maximum atomic E-state index is 9.43. The summed E-state index contributed by atoms with van der Waals surface area (Å²) in [6.45, 7) is 0.0451. The maximum absolute atomic E-state index is 9.43. The van der Waals surface area contributed by atoms with Crippen LogP contribution in [0.4, 0.5) is 0 Å². The van der Waals surface area contributed by atoms with Gasteiger partial charge in [0.1, 0.15) is 0 Å². The van der Waals surface area contributed by atoms with E-state index >= 15 is 0 Å². The lowest BCUT2D eigenvalue weighted by atomic mass is 10.4. The van der Waals surface area contributed by atoms with Gasteiger partial charge in [0.05, 0.1) is 5.71 Å². The van der Waals surface area contributed by atoms with Crippen molar-refractivity contribution in [1.29, 1.82) is 5.41 Å². The van der Waals surface area contributed by atoms with Gasteiger partial charge in [-0.2, -0.15) is 0 Å². The third kappa shape index (κ3) is 1.60. The summed E-state index contributed by atoms with van der Waals surface area (Å²) in [6.07, 6.45) is 0.431. The number of rotatable bonds is 2. The molecule has 0 aliphatic carbocycles. The van der Waals surface area contributed by atoms with Crippen LogP contribution in [-0.2, 0) is 4.79 Å². The lowest BCUT2D eigenvalue weighted by molar-refractivity contribution is -0.102. The van der Waals surface area contributed by atoms with Crippen molar-refractivity contribution < 1.29 is 4.79 Å². The average Bonchev–Trinajstić information content (AvgIpc) is 1.65. The second kappa shape index (κ2) is 2.53. The van der Waals surface area contributed by atoms with Crippen molar-refractivity contribution in [3.63, 3.8) is 0 Å². The fourth-order valence-electron chi connectivity index (χ4n) is 0.0481. The zero-order valence-electron chi connectivity index (χ0n) is 3.27. The Kier molecular flexibility index (Phi) is 2.24. The molecule has 34 valence electrons. The molecule has 0 saturated carbocycles. The lowest BCUT2D eigenvalue weighted by Crippen LogP contribution is -2.12. The number of nitrogens with one attached hydrogen (secondary N) is 1. The highest BCUT2D eigenvalue weighted by Gasteiger charge is 1.81. The van der Waals surface area contributed by atoms with Crippen LogP contribution in [0.15, 0.2) is 0 Å².